The van der Waals surface area contributed by atoms with E-state index < -0.39 is 5.97 Å². The van der Waals surface area contributed by atoms with Crippen molar-refractivity contribution in [2.24, 2.45) is 0 Å². The van der Waals surface area contributed by atoms with E-state index in [1.807, 2.05) is 0 Å². The second kappa shape index (κ2) is 6.27. The molecular formula is C14H18N2O4. The molecule has 20 heavy (non-hydrogen) atoms. The standard InChI is InChI=1S/C14H18N2O4/c15-11-7-3-6-10(14(18)19)13(11)20-8-12(17)16-9-4-1-2-5-9/h3,6-7,9H,1-2,4-5,8,15H2,(H,16,17)(H,18,19). The van der Waals surface area contributed by atoms with Crippen molar-refractivity contribution in [3.63, 3.8) is 0 Å². The van der Waals surface area contributed by atoms with Crippen LogP contribution < -0.4 is 15.8 Å². The number of amides is 1. The molecule has 0 radical (unpaired) electrons. The van der Waals surface area contributed by atoms with E-state index in [0.717, 1.165) is 25.7 Å². The quantitative estimate of drug-likeness (QED) is 0.707. The van der Waals surface area contributed by atoms with Gasteiger partial charge in [-0.3, -0.25) is 4.79 Å². The van der Waals surface area contributed by atoms with E-state index in [4.69, 9.17) is 15.6 Å². The van der Waals surface area contributed by atoms with Crippen molar-refractivity contribution in [3.8, 4) is 5.75 Å². The average molecular weight is 278 g/mol. The molecule has 1 amide bonds. The zero-order valence-corrected chi connectivity index (χ0v) is 11.1. The molecule has 1 aromatic rings. The third kappa shape index (κ3) is 3.40. The Kier molecular flexibility index (Phi) is 4.45. The molecule has 4 N–H and O–H groups in total. The molecule has 1 saturated carbocycles. The fourth-order valence-corrected chi connectivity index (χ4v) is 2.36. The Balaban J connectivity index is 1.96. The summed E-state index contributed by atoms with van der Waals surface area (Å²) in [6, 6.07) is 4.67. The number of rotatable bonds is 5. The van der Waals surface area contributed by atoms with Crippen LogP contribution in [0.25, 0.3) is 0 Å². The van der Waals surface area contributed by atoms with E-state index in [0.29, 0.717) is 0 Å². The lowest BCUT2D eigenvalue weighted by Crippen LogP contribution is -2.36. The fraction of sp³-hybridized carbons (Fsp3) is 0.429. The van der Waals surface area contributed by atoms with Crippen LogP contribution in [0.15, 0.2) is 18.2 Å². The number of carboxylic acids is 1. The molecule has 1 fully saturated rings. The number of nitrogen functional groups attached to an aromatic ring is 1. The van der Waals surface area contributed by atoms with Gasteiger partial charge < -0.3 is 20.9 Å². The molecule has 108 valence electrons. The van der Waals surface area contributed by atoms with Crippen LogP contribution in [-0.2, 0) is 4.79 Å². The molecule has 0 atom stereocenters. The molecule has 0 bridgehead atoms. The average Bonchev–Trinajstić information content (AvgIpc) is 2.89. The number of carbonyl (C=O) groups is 2. The molecule has 0 saturated heterocycles. The number of aromatic carboxylic acids is 1. The summed E-state index contributed by atoms with van der Waals surface area (Å²) in [6.45, 7) is -0.231. The number of carbonyl (C=O) groups excluding carboxylic acids is 1. The van der Waals surface area contributed by atoms with Crippen LogP contribution in [0.5, 0.6) is 5.75 Å². The van der Waals surface area contributed by atoms with Crippen LogP contribution in [0, 0.1) is 0 Å². The largest absolute Gasteiger partial charge is 0.481 e. The van der Waals surface area contributed by atoms with E-state index in [1.165, 1.54) is 18.2 Å². The molecule has 1 aliphatic rings. The highest BCUT2D eigenvalue weighted by atomic mass is 16.5. The number of nitrogens with two attached hydrogens (primary N) is 1. The molecule has 2 rings (SSSR count). The van der Waals surface area contributed by atoms with Gasteiger partial charge in [0.05, 0.1) is 5.69 Å². The summed E-state index contributed by atoms with van der Waals surface area (Å²) >= 11 is 0. The predicted molar refractivity (Wildman–Crippen MR) is 73.7 cm³/mol. The summed E-state index contributed by atoms with van der Waals surface area (Å²) < 4.78 is 5.28. The first kappa shape index (κ1) is 14.2. The van der Waals surface area contributed by atoms with Gasteiger partial charge in [0.1, 0.15) is 5.56 Å². The second-order valence-corrected chi connectivity index (χ2v) is 4.87. The zero-order chi connectivity index (χ0) is 14.5. The molecule has 1 aromatic carbocycles. The first-order valence-electron chi connectivity index (χ1n) is 6.62. The highest BCUT2D eigenvalue weighted by molar-refractivity contribution is 5.93. The van der Waals surface area contributed by atoms with Gasteiger partial charge in [-0.05, 0) is 25.0 Å². The number of ether oxygens (including phenoxy) is 1. The molecule has 0 heterocycles. The van der Waals surface area contributed by atoms with Gasteiger partial charge in [0, 0.05) is 6.04 Å². The third-order valence-electron chi connectivity index (χ3n) is 3.34. The molecule has 1 aliphatic carbocycles. The SMILES string of the molecule is Nc1cccc(C(=O)O)c1OCC(=O)NC1CCCC1. The monoisotopic (exact) mass is 278 g/mol. The highest BCUT2D eigenvalue weighted by Crippen LogP contribution is 2.26. The summed E-state index contributed by atoms with van der Waals surface area (Å²) in [5.74, 6) is -1.35. The van der Waals surface area contributed by atoms with Crippen molar-refractivity contribution in [2.75, 3.05) is 12.3 Å². The first-order chi connectivity index (χ1) is 9.58. The molecular weight excluding hydrogens is 260 g/mol. The smallest absolute Gasteiger partial charge is 0.339 e. The maximum atomic E-state index is 11.7. The molecule has 0 spiro atoms. The van der Waals surface area contributed by atoms with Crippen LogP contribution in [0.1, 0.15) is 36.0 Å². The Hall–Kier alpha value is -2.24. The topological polar surface area (TPSA) is 102 Å². The van der Waals surface area contributed by atoms with Crippen molar-refractivity contribution in [1.82, 2.24) is 5.32 Å². The second-order valence-electron chi connectivity index (χ2n) is 4.87. The zero-order valence-electron chi connectivity index (χ0n) is 11.1. The Morgan fingerprint density at radius 1 is 1.35 bits per heavy atom. The summed E-state index contributed by atoms with van der Waals surface area (Å²) in [5, 5.41) is 11.9. The maximum Gasteiger partial charge on any atom is 0.339 e. The van der Waals surface area contributed by atoms with Crippen LogP contribution >= 0.6 is 0 Å². The summed E-state index contributed by atoms with van der Waals surface area (Å²) in [6.07, 6.45) is 4.22. The van der Waals surface area contributed by atoms with Gasteiger partial charge in [-0.15, -0.1) is 0 Å². The Bertz CT molecular complexity index is 510. The molecule has 0 aromatic heterocycles. The van der Waals surface area contributed by atoms with E-state index in [1.54, 1.807) is 0 Å². The number of nitrogens with one attached hydrogen (secondary N) is 1. The summed E-state index contributed by atoms with van der Waals surface area (Å²) in [5.41, 5.74) is 5.85. The minimum absolute atomic E-state index is 0.0429. The number of carboxylic acid groups (broad SMARTS) is 1. The Labute approximate surface area is 116 Å². The number of para-hydroxylation sites is 1. The Morgan fingerprint density at radius 3 is 2.70 bits per heavy atom. The van der Waals surface area contributed by atoms with Gasteiger partial charge in [0.25, 0.3) is 5.91 Å². The minimum Gasteiger partial charge on any atom is -0.481 e. The van der Waals surface area contributed by atoms with Crippen molar-refractivity contribution < 1.29 is 19.4 Å². The molecule has 6 nitrogen and oxygen atoms in total. The number of benzene rings is 1. The van der Waals surface area contributed by atoms with E-state index >= 15 is 0 Å². The maximum absolute atomic E-state index is 11.7. The van der Waals surface area contributed by atoms with E-state index in [9.17, 15) is 9.59 Å². The van der Waals surface area contributed by atoms with Crippen LogP contribution in [0.2, 0.25) is 0 Å². The molecule has 0 unspecified atom stereocenters. The Morgan fingerprint density at radius 2 is 2.05 bits per heavy atom. The van der Waals surface area contributed by atoms with Crippen molar-refractivity contribution in [2.45, 2.75) is 31.7 Å². The van der Waals surface area contributed by atoms with Gasteiger partial charge in [-0.25, -0.2) is 4.79 Å². The van der Waals surface area contributed by atoms with Gasteiger partial charge in [-0.2, -0.15) is 0 Å². The third-order valence-corrected chi connectivity index (χ3v) is 3.34. The van der Waals surface area contributed by atoms with Gasteiger partial charge in [0.2, 0.25) is 0 Å². The lowest BCUT2D eigenvalue weighted by atomic mass is 10.2. The van der Waals surface area contributed by atoms with E-state index in [-0.39, 0.29) is 35.6 Å². The number of hydrogen-bond acceptors (Lipinski definition) is 4. The fourth-order valence-electron chi connectivity index (χ4n) is 2.36. The normalized spacial score (nSPS) is 15.0. The van der Waals surface area contributed by atoms with Crippen molar-refractivity contribution >= 4 is 17.6 Å². The predicted octanol–water partition coefficient (Wildman–Crippen LogP) is 1.40. The first-order valence-corrected chi connectivity index (χ1v) is 6.62. The highest BCUT2D eigenvalue weighted by Gasteiger charge is 2.19. The molecule has 6 heteroatoms. The summed E-state index contributed by atoms with van der Waals surface area (Å²) in [7, 11) is 0. The lowest BCUT2D eigenvalue weighted by Gasteiger charge is -2.14. The van der Waals surface area contributed by atoms with Gasteiger partial charge in [-0.1, -0.05) is 18.9 Å². The number of anilines is 1. The van der Waals surface area contributed by atoms with Crippen LogP contribution in [0.4, 0.5) is 5.69 Å². The van der Waals surface area contributed by atoms with E-state index in [2.05, 4.69) is 5.32 Å². The molecule has 0 aliphatic heterocycles. The van der Waals surface area contributed by atoms with Gasteiger partial charge in [0.15, 0.2) is 12.4 Å². The van der Waals surface area contributed by atoms with Crippen LogP contribution in [-0.4, -0.2) is 29.6 Å². The minimum atomic E-state index is -1.14. The lowest BCUT2D eigenvalue weighted by molar-refractivity contribution is -0.123. The number of hydrogen-bond donors (Lipinski definition) is 3. The van der Waals surface area contributed by atoms with Crippen molar-refractivity contribution in [1.29, 1.82) is 0 Å². The van der Waals surface area contributed by atoms with Crippen LogP contribution in [0.3, 0.4) is 0 Å². The summed E-state index contributed by atoms with van der Waals surface area (Å²) in [4.78, 5) is 22.8. The van der Waals surface area contributed by atoms with Crippen molar-refractivity contribution in [3.05, 3.63) is 23.8 Å². The van der Waals surface area contributed by atoms with Gasteiger partial charge >= 0.3 is 5.97 Å².